The van der Waals surface area contributed by atoms with Crippen LogP contribution in [0.1, 0.15) is 0 Å². The molecule has 3 aromatic heterocycles. The Labute approximate surface area is 105 Å². The van der Waals surface area contributed by atoms with E-state index >= 15 is 0 Å². The monoisotopic (exact) mass is 289 g/mol. The van der Waals surface area contributed by atoms with Gasteiger partial charge in [-0.1, -0.05) is 0 Å². The van der Waals surface area contributed by atoms with Gasteiger partial charge in [0.15, 0.2) is 5.65 Å². The summed E-state index contributed by atoms with van der Waals surface area (Å²) < 4.78 is 0.902. The van der Waals surface area contributed by atoms with E-state index in [4.69, 9.17) is 5.73 Å². The van der Waals surface area contributed by atoms with Crippen LogP contribution in [0.25, 0.3) is 22.6 Å². The lowest BCUT2D eigenvalue weighted by Crippen LogP contribution is -1.93. The van der Waals surface area contributed by atoms with Crippen LogP contribution in [0.5, 0.6) is 0 Å². The number of fused-ring (bicyclic) bond motifs is 1. The van der Waals surface area contributed by atoms with Crippen molar-refractivity contribution in [1.82, 2.24) is 19.9 Å². The molecular formula is C11H8BrN5. The number of pyridine rings is 2. The van der Waals surface area contributed by atoms with Crippen LogP contribution in [0.15, 0.2) is 35.1 Å². The maximum absolute atomic E-state index is 5.80. The minimum absolute atomic E-state index is 0.450. The minimum atomic E-state index is 0.450. The first kappa shape index (κ1) is 10.2. The Morgan fingerprint density at radius 3 is 3.00 bits per heavy atom. The number of H-pyrrole nitrogens is 1. The van der Waals surface area contributed by atoms with Gasteiger partial charge in [0.25, 0.3) is 0 Å². The minimum Gasteiger partial charge on any atom is -0.383 e. The van der Waals surface area contributed by atoms with E-state index in [1.165, 1.54) is 0 Å². The van der Waals surface area contributed by atoms with E-state index in [2.05, 4.69) is 35.9 Å². The predicted octanol–water partition coefficient (Wildman–Crippen LogP) is 2.36. The molecule has 5 nitrogen and oxygen atoms in total. The molecule has 3 N–H and O–H groups in total. The number of imidazole rings is 1. The average molecular weight is 290 g/mol. The number of nitrogen functional groups attached to an aromatic ring is 1. The van der Waals surface area contributed by atoms with E-state index in [1.54, 1.807) is 12.4 Å². The standard InChI is InChI=1S/C11H8BrN5/c12-6-4-8-11(15-5-6)17-10(16-8)7-2-1-3-14-9(7)13/h1-5H,(H2,13,14)(H,15,16,17). The van der Waals surface area contributed by atoms with E-state index in [-0.39, 0.29) is 0 Å². The molecule has 6 heteroatoms. The molecule has 0 amide bonds. The van der Waals surface area contributed by atoms with E-state index in [1.807, 2.05) is 18.2 Å². The van der Waals surface area contributed by atoms with Crippen LogP contribution in [-0.4, -0.2) is 19.9 Å². The highest BCUT2D eigenvalue weighted by molar-refractivity contribution is 9.10. The number of hydrogen-bond donors (Lipinski definition) is 2. The molecule has 0 unspecified atom stereocenters. The summed E-state index contributed by atoms with van der Waals surface area (Å²) in [5, 5.41) is 0. The second-order valence-corrected chi connectivity index (χ2v) is 4.46. The number of anilines is 1. The lowest BCUT2D eigenvalue weighted by molar-refractivity contribution is 1.27. The molecule has 0 saturated heterocycles. The molecule has 17 heavy (non-hydrogen) atoms. The molecule has 0 aliphatic carbocycles. The molecule has 0 aromatic carbocycles. The first-order valence-corrected chi connectivity index (χ1v) is 5.75. The molecule has 3 heterocycles. The number of nitrogens with zero attached hydrogens (tertiary/aromatic N) is 3. The molecule has 3 aromatic rings. The van der Waals surface area contributed by atoms with Gasteiger partial charge in [0.2, 0.25) is 0 Å². The smallest absolute Gasteiger partial charge is 0.178 e. The van der Waals surface area contributed by atoms with Gasteiger partial charge in [0, 0.05) is 16.9 Å². The summed E-state index contributed by atoms with van der Waals surface area (Å²) >= 11 is 3.37. The van der Waals surface area contributed by atoms with Crippen molar-refractivity contribution in [3.8, 4) is 11.4 Å². The maximum atomic E-state index is 5.80. The molecule has 0 bridgehead atoms. The van der Waals surface area contributed by atoms with E-state index in [9.17, 15) is 0 Å². The number of nitrogens with two attached hydrogens (primary N) is 1. The molecule has 84 valence electrons. The zero-order chi connectivity index (χ0) is 11.8. The Hall–Kier alpha value is -1.95. The van der Waals surface area contributed by atoms with Crippen molar-refractivity contribution < 1.29 is 0 Å². The third kappa shape index (κ3) is 1.76. The summed E-state index contributed by atoms with van der Waals surface area (Å²) in [5.74, 6) is 1.13. The highest BCUT2D eigenvalue weighted by Crippen LogP contribution is 2.24. The van der Waals surface area contributed by atoms with E-state index in [0.29, 0.717) is 17.3 Å². The number of aromatic nitrogens is 4. The van der Waals surface area contributed by atoms with Crippen molar-refractivity contribution >= 4 is 32.9 Å². The van der Waals surface area contributed by atoms with Crippen molar-refractivity contribution in [1.29, 1.82) is 0 Å². The lowest BCUT2D eigenvalue weighted by Gasteiger charge is -1.98. The first-order valence-electron chi connectivity index (χ1n) is 4.96. The Kier molecular flexibility index (Phi) is 2.29. The number of hydrogen-bond acceptors (Lipinski definition) is 4. The zero-order valence-corrected chi connectivity index (χ0v) is 10.3. The van der Waals surface area contributed by atoms with Crippen molar-refractivity contribution in [2.75, 3.05) is 5.73 Å². The van der Waals surface area contributed by atoms with Gasteiger partial charge in [0.1, 0.15) is 11.6 Å². The lowest BCUT2D eigenvalue weighted by atomic mass is 10.2. The predicted molar refractivity (Wildman–Crippen MR) is 69.2 cm³/mol. The molecule has 0 saturated carbocycles. The second kappa shape index (κ2) is 3.81. The fraction of sp³-hybridized carbons (Fsp3) is 0. The van der Waals surface area contributed by atoms with Gasteiger partial charge < -0.3 is 10.7 Å². The Bertz CT molecular complexity index is 691. The zero-order valence-electron chi connectivity index (χ0n) is 8.68. The number of nitrogens with one attached hydrogen (secondary N) is 1. The van der Waals surface area contributed by atoms with Gasteiger partial charge in [0.05, 0.1) is 11.1 Å². The molecule has 0 spiro atoms. The van der Waals surface area contributed by atoms with Gasteiger partial charge in [-0.15, -0.1) is 0 Å². The number of aromatic amines is 1. The van der Waals surface area contributed by atoms with Gasteiger partial charge in [-0.25, -0.2) is 15.0 Å². The van der Waals surface area contributed by atoms with Crippen LogP contribution >= 0.6 is 15.9 Å². The molecule has 0 atom stereocenters. The Morgan fingerprint density at radius 1 is 1.29 bits per heavy atom. The summed E-state index contributed by atoms with van der Waals surface area (Å²) in [4.78, 5) is 15.8. The Balaban J connectivity index is 2.22. The molecule has 0 radical (unpaired) electrons. The summed E-state index contributed by atoms with van der Waals surface area (Å²) in [5.41, 5.74) is 8.10. The molecule has 0 fully saturated rings. The van der Waals surface area contributed by atoms with Crippen molar-refractivity contribution in [2.24, 2.45) is 0 Å². The highest BCUT2D eigenvalue weighted by atomic mass is 79.9. The van der Waals surface area contributed by atoms with E-state index < -0.39 is 0 Å². The van der Waals surface area contributed by atoms with Gasteiger partial charge >= 0.3 is 0 Å². The van der Waals surface area contributed by atoms with Crippen molar-refractivity contribution in [3.63, 3.8) is 0 Å². The molecular weight excluding hydrogens is 282 g/mol. The third-order valence-corrected chi connectivity index (χ3v) is 2.83. The maximum Gasteiger partial charge on any atom is 0.178 e. The van der Waals surface area contributed by atoms with Crippen LogP contribution in [-0.2, 0) is 0 Å². The number of halogens is 1. The Morgan fingerprint density at radius 2 is 2.18 bits per heavy atom. The van der Waals surface area contributed by atoms with Crippen LogP contribution in [0, 0.1) is 0 Å². The fourth-order valence-electron chi connectivity index (χ4n) is 1.62. The quantitative estimate of drug-likeness (QED) is 0.721. The van der Waals surface area contributed by atoms with Gasteiger partial charge in [-0.05, 0) is 34.1 Å². The van der Waals surface area contributed by atoms with Gasteiger partial charge in [-0.2, -0.15) is 0 Å². The molecule has 0 aliphatic heterocycles. The largest absolute Gasteiger partial charge is 0.383 e. The summed E-state index contributed by atoms with van der Waals surface area (Å²) in [6.07, 6.45) is 3.36. The van der Waals surface area contributed by atoms with Gasteiger partial charge in [-0.3, -0.25) is 0 Å². The van der Waals surface area contributed by atoms with Crippen LogP contribution in [0.4, 0.5) is 5.82 Å². The van der Waals surface area contributed by atoms with Crippen molar-refractivity contribution in [2.45, 2.75) is 0 Å². The molecule has 0 aliphatic rings. The molecule has 3 rings (SSSR count). The number of rotatable bonds is 1. The highest BCUT2D eigenvalue weighted by Gasteiger charge is 2.09. The average Bonchev–Trinajstić information content (AvgIpc) is 2.72. The second-order valence-electron chi connectivity index (χ2n) is 3.55. The van der Waals surface area contributed by atoms with Crippen LogP contribution < -0.4 is 5.73 Å². The third-order valence-electron chi connectivity index (χ3n) is 2.40. The fourth-order valence-corrected chi connectivity index (χ4v) is 1.95. The first-order chi connectivity index (χ1) is 8.24. The van der Waals surface area contributed by atoms with Crippen LogP contribution in [0.3, 0.4) is 0 Å². The normalized spacial score (nSPS) is 10.9. The summed E-state index contributed by atoms with van der Waals surface area (Å²) in [6, 6.07) is 5.61. The summed E-state index contributed by atoms with van der Waals surface area (Å²) in [6.45, 7) is 0. The topological polar surface area (TPSA) is 80.5 Å². The summed E-state index contributed by atoms with van der Waals surface area (Å²) in [7, 11) is 0. The SMILES string of the molecule is Nc1ncccc1-c1nc2ncc(Br)cc2[nH]1. The van der Waals surface area contributed by atoms with E-state index in [0.717, 1.165) is 15.6 Å². The van der Waals surface area contributed by atoms with Crippen LogP contribution in [0.2, 0.25) is 0 Å². The van der Waals surface area contributed by atoms with Crippen molar-refractivity contribution in [3.05, 3.63) is 35.1 Å².